The first-order chi connectivity index (χ1) is 10.3. The average molecular weight is 279 g/mol. The standard InChI is InChI=1S/C20H21N.2H2/c1-14-4-2-5-15(12-14)16-8-9-17(13-16)18-6-3-7-20-19(18)10-11-21-20;;/h2-7,10-12,16-17,21H,8-9,13H2,1H3;2*1H. The van der Waals surface area contributed by atoms with Gasteiger partial charge in [0, 0.05) is 20.0 Å². The lowest BCUT2D eigenvalue weighted by molar-refractivity contribution is 0.689. The SMILES string of the molecule is Cc1cccc(C2CCC(c3cccc4[nH]ccc34)C2)c1.[HH].[HH]. The molecule has 3 aromatic rings. The number of rotatable bonds is 2. The Hall–Kier alpha value is -2.02. The van der Waals surface area contributed by atoms with Gasteiger partial charge >= 0.3 is 0 Å². The van der Waals surface area contributed by atoms with E-state index in [-0.39, 0.29) is 2.85 Å². The van der Waals surface area contributed by atoms with E-state index in [0.717, 1.165) is 5.92 Å². The number of aryl methyl sites for hydroxylation is 1. The van der Waals surface area contributed by atoms with Crippen LogP contribution in [0.15, 0.2) is 54.7 Å². The van der Waals surface area contributed by atoms with Crippen LogP contribution >= 0.6 is 0 Å². The molecule has 2 aromatic carbocycles. The van der Waals surface area contributed by atoms with Gasteiger partial charge in [-0.25, -0.2) is 0 Å². The Morgan fingerprint density at radius 1 is 1.00 bits per heavy atom. The van der Waals surface area contributed by atoms with Crippen molar-refractivity contribution in [2.24, 2.45) is 0 Å². The van der Waals surface area contributed by atoms with Crippen LogP contribution in [-0.4, -0.2) is 4.98 Å². The molecule has 0 spiro atoms. The molecule has 1 fully saturated rings. The van der Waals surface area contributed by atoms with Crippen molar-refractivity contribution < 1.29 is 2.85 Å². The van der Waals surface area contributed by atoms with Gasteiger partial charge in [0.15, 0.2) is 0 Å². The topological polar surface area (TPSA) is 15.8 Å². The van der Waals surface area contributed by atoms with E-state index in [1.54, 1.807) is 0 Å². The summed E-state index contributed by atoms with van der Waals surface area (Å²) in [6, 6.07) is 18.0. The van der Waals surface area contributed by atoms with Crippen LogP contribution < -0.4 is 0 Å². The maximum atomic E-state index is 3.33. The third-order valence-electron chi connectivity index (χ3n) is 5.01. The molecule has 1 nitrogen and oxygen atoms in total. The van der Waals surface area contributed by atoms with E-state index >= 15 is 0 Å². The summed E-state index contributed by atoms with van der Waals surface area (Å²) in [7, 11) is 0. The third-order valence-corrected chi connectivity index (χ3v) is 5.01. The highest BCUT2D eigenvalue weighted by atomic mass is 14.7. The van der Waals surface area contributed by atoms with E-state index in [1.165, 1.54) is 46.9 Å². The summed E-state index contributed by atoms with van der Waals surface area (Å²) in [5.74, 6) is 1.43. The molecule has 110 valence electrons. The first-order valence-corrected chi connectivity index (χ1v) is 7.94. The molecule has 0 amide bonds. The maximum absolute atomic E-state index is 3.33. The van der Waals surface area contributed by atoms with Crippen LogP contribution in [0.5, 0.6) is 0 Å². The Kier molecular flexibility index (Phi) is 3.07. The minimum Gasteiger partial charge on any atom is -0.361 e. The predicted octanol–water partition coefficient (Wildman–Crippen LogP) is 6.02. The molecule has 21 heavy (non-hydrogen) atoms. The van der Waals surface area contributed by atoms with Crippen molar-refractivity contribution in [3.05, 3.63) is 71.4 Å². The van der Waals surface area contributed by atoms with Crippen molar-refractivity contribution in [2.45, 2.75) is 38.0 Å². The first-order valence-electron chi connectivity index (χ1n) is 7.94. The van der Waals surface area contributed by atoms with Gasteiger partial charge in [-0.3, -0.25) is 0 Å². The lowest BCUT2D eigenvalue weighted by Gasteiger charge is -2.14. The fourth-order valence-electron chi connectivity index (χ4n) is 3.96. The Morgan fingerprint density at radius 2 is 1.86 bits per heavy atom. The van der Waals surface area contributed by atoms with Crippen LogP contribution in [0, 0.1) is 6.92 Å². The van der Waals surface area contributed by atoms with E-state index in [0.29, 0.717) is 5.92 Å². The van der Waals surface area contributed by atoms with Crippen molar-refractivity contribution >= 4 is 10.9 Å². The van der Waals surface area contributed by atoms with Crippen molar-refractivity contribution in [1.29, 1.82) is 0 Å². The van der Waals surface area contributed by atoms with Gasteiger partial charge < -0.3 is 4.98 Å². The molecule has 0 bridgehead atoms. The van der Waals surface area contributed by atoms with E-state index in [2.05, 4.69) is 66.6 Å². The Labute approximate surface area is 129 Å². The lowest BCUT2D eigenvalue weighted by atomic mass is 9.91. The van der Waals surface area contributed by atoms with E-state index < -0.39 is 0 Å². The summed E-state index contributed by atoms with van der Waals surface area (Å²) in [6.07, 6.45) is 5.97. The van der Waals surface area contributed by atoms with Crippen LogP contribution in [0.2, 0.25) is 0 Å². The predicted molar refractivity (Wildman–Crippen MR) is 93.0 cm³/mol. The van der Waals surface area contributed by atoms with Crippen molar-refractivity contribution in [1.82, 2.24) is 4.98 Å². The van der Waals surface area contributed by atoms with Gasteiger partial charge in [0.05, 0.1) is 0 Å². The molecular formula is C20H25N. The minimum atomic E-state index is 0. The molecule has 1 aliphatic carbocycles. The lowest BCUT2D eigenvalue weighted by Crippen LogP contribution is -1.96. The van der Waals surface area contributed by atoms with Crippen molar-refractivity contribution in [3.8, 4) is 0 Å². The summed E-state index contributed by atoms with van der Waals surface area (Å²) in [6.45, 7) is 2.19. The molecule has 1 heteroatoms. The minimum absolute atomic E-state index is 0. The van der Waals surface area contributed by atoms with Crippen LogP contribution in [-0.2, 0) is 0 Å². The number of aromatic nitrogens is 1. The van der Waals surface area contributed by atoms with Gasteiger partial charge in [0.1, 0.15) is 0 Å². The fourth-order valence-corrected chi connectivity index (χ4v) is 3.96. The van der Waals surface area contributed by atoms with Gasteiger partial charge in [-0.1, -0.05) is 42.0 Å². The number of nitrogens with one attached hydrogen (secondary N) is 1. The molecule has 0 radical (unpaired) electrons. The van der Waals surface area contributed by atoms with Gasteiger partial charge in [0.2, 0.25) is 0 Å². The average Bonchev–Trinajstić information content (AvgIpc) is 3.16. The Balaban J connectivity index is 0.000000960. The van der Waals surface area contributed by atoms with Crippen LogP contribution in [0.3, 0.4) is 0 Å². The second-order valence-corrected chi connectivity index (χ2v) is 6.41. The zero-order valence-corrected chi connectivity index (χ0v) is 12.5. The Morgan fingerprint density at radius 3 is 2.76 bits per heavy atom. The number of H-pyrrole nitrogens is 1. The third kappa shape index (κ3) is 2.27. The number of hydrogen-bond acceptors (Lipinski definition) is 0. The normalized spacial score (nSPS) is 22.0. The monoisotopic (exact) mass is 279 g/mol. The summed E-state index contributed by atoms with van der Waals surface area (Å²) in [4.78, 5) is 3.33. The number of fused-ring (bicyclic) bond motifs is 1. The zero-order valence-electron chi connectivity index (χ0n) is 12.5. The molecule has 1 saturated carbocycles. The maximum Gasteiger partial charge on any atom is 0.0456 e. The van der Waals surface area contributed by atoms with Gasteiger partial charge in [0.25, 0.3) is 0 Å². The van der Waals surface area contributed by atoms with Crippen molar-refractivity contribution in [3.63, 3.8) is 0 Å². The summed E-state index contributed by atoms with van der Waals surface area (Å²) in [5.41, 5.74) is 5.71. The number of benzene rings is 2. The van der Waals surface area contributed by atoms with Gasteiger partial charge in [-0.2, -0.15) is 0 Å². The second kappa shape index (κ2) is 5.07. The second-order valence-electron chi connectivity index (χ2n) is 6.41. The summed E-state index contributed by atoms with van der Waals surface area (Å²) < 4.78 is 0. The Bertz CT molecular complexity index is 778. The highest BCUT2D eigenvalue weighted by Gasteiger charge is 2.28. The van der Waals surface area contributed by atoms with Crippen molar-refractivity contribution in [2.75, 3.05) is 0 Å². The molecule has 2 atom stereocenters. The molecule has 1 aromatic heterocycles. The fraction of sp³-hybridized carbons (Fsp3) is 0.300. The van der Waals surface area contributed by atoms with Crippen LogP contribution in [0.4, 0.5) is 0 Å². The molecule has 0 saturated heterocycles. The molecule has 1 heterocycles. The highest BCUT2D eigenvalue weighted by molar-refractivity contribution is 5.83. The van der Waals surface area contributed by atoms with E-state index in [4.69, 9.17) is 0 Å². The molecule has 1 N–H and O–H groups in total. The first kappa shape index (κ1) is 12.7. The van der Waals surface area contributed by atoms with Gasteiger partial charge in [-0.05, 0) is 61.3 Å². The molecule has 0 aliphatic heterocycles. The summed E-state index contributed by atoms with van der Waals surface area (Å²) in [5, 5.41) is 1.41. The van der Waals surface area contributed by atoms with E-state index in [1.807, 2.05) is 0 Å². The smallest absolute Gasteiger partial charge is 0.0456 e. The quantitative estimate of drug-likeness (QED) is 0.590. The molecule has 2 unspecified atom stereocenters. The van der Waals surface area contributed by atoms with E-state index in [9.17, 15) is 0 Å². The number of hydrogen-bond donors (Lipinski definition) is 1. The van der Waals surface area contributed by atoms with Crippen LogP contribution in [0.1, 0.15) is 50.6 Å². The molecule has 1 aliphatic rings. The largest absolute Gasteiger partial charge is 0.361 e. The molecule has 4 rings (SSSR count). The number of aromatic amines is 1. The van der Waals surface area contributed by atoms with Crippen LogP contribution in [0.25, 0.3) is 10.9 Å². The summed E-state index contributed by atoms with van der Waals surface area (Å²) >= 11 is 0. The highest BCUT2D eigenvalue weighted by Crippen LogP contribution is 2.45. The molecular weight excluding hydrogens is 254 g/mol. The van der Waals surface area contributed by atoms with Gasteiger partial charge in [-0.15, -0.1) is 0 Å². The zero-order chi connectivity index (χ0) is 14.2.